The fourth-order valence-corrected chi connectivity index (χ4v) is 3.25. The van der Waals surface area contributed by atoms with Crippen LogP contribution in [0.25, 0.3) is 0 Å². The summed E-state index contributed by atoms with van der Waals surface area (Å²) >= 11 is 0. The zero-order chi connectivity index (χ0) is 15.2. The SMILES string of the molecule is CC(=O)CN(C=O)C12CC(NC(=O)OC(C)(C)C)(C1)C2. The third kappa shape index (κ3) is 2.64. The number of Topliss-reactive ketones (excluding diaryl/α,β-unsaturated/α-hetero) is 1. The Hall–Kier alpha value is -1.59. The van der Waals surface area contributed by atoms with Gasteiger partial charge in [0.25, 0.3) is 0 Å². The van der Waals surface area contributed by atoms with Crippen LogP contribution in [0.3, 0.4) is 0 Å². The molecule has 0 aliphatic heterocycles. The minimum absolute atomic E-state index is 0.0315. The Labute approximate surface area is 118 Å². The van der Waals surface area contributed by atoms with Crippen molar-refractivity contribution in [2.45, 2.75) is 63.6 Å². The minimum atomic E-state index is -0.519. The lowest BCUT2D eigenvalue weighted by molar-refractivity contribution is -0.180. The first kappa shape index (κ1) is 14.8. The van der Waals surface area contributed by atoms with Crippen LogP contribution in [0.15, 0.2) is 0 Å². The molecule has 2 bridgehead atoms. The van der Waals surface area contributed by atoms with Crippen molar-refractivity contribution in [2.24, 2.45) is 0 Å². The van der Waals surface area contributed by atoms with Gasteiger partial charge in [-0.25, -0.2) is 4.79 Å². The van der Waals surface area contributed by atoms with Gasteiger partial charge in [-0.05, 0) is 47.0 Å². The van der Waals surface area contributed by atoms with Gasteiger partial charge in [-0.15, -0.1) is 0 Å². The number of hydrogen-bond acceptors (Lipinski definition) is 4. The number of ether oxygens (including phenoxy) is 1. The van der Waals surface area contributed by atoms with Crippen molar-refractivity contribution in [1.82, 2.24) is 10.2 Å². The topological polar surface area (TPSA) is 75.7 Å². The largest absolute Gasteiger partial charge is 0.444 e. The summed E-state index contributed by atoms with van der Waals surface area (Å²) in [5.41, 5.74) is -1.00. The molecule has 6 nitrogen and oxygen atoms in total. The highest BCUT2D eigenvalue weighted by atomic mass is 16.6. The molecule has 0 atom stereocenters. The van der Waals surface area contributed by atoms with Crippen LogP contribution in [0, 0.1) is 0 Å². The molecule has 20 heavy (non-hydrogen) atoms. The van der Waals surface area contributed by atoms with E-state index in [0.29, 0.717) is 19.3 Å². The Morgan fingerprint density at radius 1 is 1.30 bits per heavy atom. The standard InChI is InChI=1S/C14H22N2O4/c1-10(18)5-16(9-17)14-6-13(7-14,8-14)15-11(19)20-12(2,3)4/h9H,5-8H2,1-4H3,(H,15,19). The summed E-state index contributed by atoms with van der Waals surface area (Å²) in [6.45, 7) is 7.06. The maximum absolute atomic E-state index is 11.7. The molecule has 0 aromatic carbocycles. The van der Waals surface area contributed by atoms with Gasteiger partial charge in [0.1, 0.15) is 11.4 Å². The highest BCUT2D eigenvalue weighted by molar-refractivity contribution is 5.80. The van der Waals surface area contributed by atoms with E-state index in [9.17, 15) is 14.4 Å². The number of carbonyl (C=O) groups excluding carboxylic acids is 3. The second-order valence-corrected chi connectivity index (χ2v) is 7.10. The van der Waals surface area contributed by atoms with Gasteiger partial charge in [0, 0.05) is 5.54 Å². The third-order valence-corrected chi connectivity index (χ3v) is 3.90. The van der Waals surface area contributed by atoms with E-state index in [1.807, 2.05) is 20.8 Å². The van der Waals surface area contributed by atoms with Crippen LogP contribution in [0.2, 0.25) is 0 Å². The molecule has 3 aliphatic rings. The Morgan fingerprint density at radius 3 is 2.25 bits per heavy atom. The molecular weight excluding hydrogens is 260 g/mol. The summed E-state index contributed by atoms with van der Waals surface area (Å²) in [5.74, 6) is -0.0315. The molecule has 0 aromatic rings. The van der Waals surface area contributed by atoms with Crippen LogP contribution in [-0.4, -0.2) is 46.4 Å². The molecule has 0 aromatic heterocycles. The van der Waals surface area contributed by atoms with Crippen molar-refractivity contribution >= 4 is 18.3 Å². The van der Waals surface area contributed by atoms with Crippen LogP contribution in [-0.2, 0) is 14.3 Å². The molecule has 0 unspecified atom stereocenters. The lowest BCUT2D eigenvalue weighted by atomic mass is 9.43. The van der Waals surface area contributed by atoms with E-state index >= 15 is 0 Å². The van der Waals surface area contributed by atoms with Crippen molar-refractivity contribution in [2.75, 3.05) is 6.54 Å². The number of nitrogens with zero attached hydrogens (tertiary/aromatic N) is 1. The molecule has 0 saturated heterocycles. The molecule has 3 rings (SSSR count). The van der Waals surface area contributed by atoms with Crippen molar-refractivity contribution in [3.05, 3.63) is 0 Å². The van der Waals surface area contributed by atoms with Gasteiger partial charge in [-0.2, -0.15) is 0 Å². The quantitative estimate of drug-likeness (QED) is 0.770. The van der Waals surface area contributed by atoms with Gasteiger partial charge in [0.2, 0.25) is 6.41 Å². The Bertz CT molecular complexity index is 433. The number of hydrogen-bond donors (Lipinski definition) is 1. The minimum Gasteiger partial charge on any atom is -0.444 e. The van der Waals surface area contributed by atoms with Crippen LogP contribution in [0.5, 0.6) is 0 Å². The van der Waals surface area contributed by atoms with E-state index in [4.69, 9.17) is 4.74 Å². The van der Waals surface area contributed by atoms with E-state index in [2.05, 4.69) is 5.32 Å². The van der Waals surface area contributed by atoms with Crippen LogP contribution in [0.4, 0.5) is 4.79 Å². The van der Waals surface area contributed by atoms with Crippen molar-refractivity contribution in [1.29, 1.82) is 0 Å². The van der Waals surface area contributed by atoms with Gasteiger partial charge in [-0.3, -0.25) is 9.59 Å². The summed E-state index contributed by atoms with van der Waals surface area (Å²) < 4.78 is 5.23. The highest BCUT2D eigenvalue weighted by Gasteiger charge is 2.71. The lowest BCUT2D eigenvalue weighted by Gasteiger charge is -2.72. The zero-order valence-corrected chi connectivity index (χ0v) is 12.5. The molecule has 1 N–H and O–H groups in total. The number of carbonyl (C=O) groups is 3. The maximum atomic E-state index is 11.7. The monoisotopic (exact) mass is 282 g/mol. The predicted octanol–water partition coefficient (Wildman–Crippen LogP) is 1.23. The smallest absolute Gasteiger partial charge is 0.408 e. The van der Waals surface area contributed by atoms with Crippen LogP contribution < -0.4 is 5.32 Å². The zero-order valence-electron chi connectivity index (χ0n) is 12.5. The first-order valence-corrected chi connectivity index (χ1v) is 6.83. The molecule has 3 saturated carbocycles. The fraction of sp³-hybridized carbons (Fsp3) is 0.786. The van der Waals surface area contributed by atoms with Gasteiger partial charge in [0.15, 0.2) is 0 Å². The third-order valence-electron chi connectivity index (χ3n) is 3.90. The molecule has 2 amide bonds. The first-order valence-electron chi connectivity index (χ1n) is 6.83. The molecule has 6 heteroatoms. The van der Waals surface area contributed by atoms with Gasteiger partial charge >= 0.3 is 6.09 Å². The highest BCUT2D eigenvalue weighted by Crippen LogP contribution is 2.63. The van der Waals surface area contributed by atoms with Crippen molar-refractivity contribution in [3.63, 3.8) is 0 Å². The number of nitrogens with one attached hydrogen (secondary N) is 1. The van der Waals surface area contributed by atoms with Crippen molar-refractivity contribution in [3.8, 4) is 0 Å². The number of amides is 2. The van der Waals surface area contributed by atoms with Crippen LogP contribution in [0.1, 0.15) is 47.0 Å². The Balaban J connectivity index is 1.86. The number of ketones is 1. The molecule has 0 heterocycles. The maximum Gasteiger partial charge on any atom is 0.408 e. The van der Waals surface area contributed by atoms with Gasteiger partial charge in [0.05, 0.1) is 12.1 Å². The summed E-state index contributed by atoms with van der Waals surface area (Å²) in [7, 11) is 0. The molecule has 112 valence electrons. The summed E-state index contributed by atoms with van der Waals surface area (Å²) in [6, 6.07) is 0. The second-order valence-electron chi connectivity index (χ2n) is 7.10. The fourth-order valence-electron chi connectivity index (χ4n) is 3.25. The molecular formula is C14H22N2O4. The van der Waals surface area contributed by atoms with Crippen LogP contribution >= 0.6 is 0 Å². The van der Waals surface area contributed by atoms with Gasteiger partial charge < -0.3 is 15.0 Å². The first-order chi connectivity index (χ1) is 9.10. The van der Waals surface area contributed by atoms with E-state index in [1.54, 1.807) is 4.90 Å². The molecule has 3 aliphatic carbocycles. The average molecular weight is 282 g/mol. The number of alkyl carbamates (subject to hydrolysis) is 1. The molecule has 3 fully saturated rings. The second kappa shape index (κ2) is 4.46. The van der Waals surface area contributed by atoms with E-state index < -0.39 is 11.7 Å². The number of rotatable bonds is 5. The molecule has 0 spiro atoms. The van der Waals surface area contributed by atoms with Gasteiger partial charge in [-0.1, -0.05) is 0 Å². The molecule has 0 radical (unpaired) electrons. The predicted molar refractivity (Wildman–Crippen MR) is 72.1 cm³/mol. The normalized spacial score (nSPS) is 30.6. The van der Waals surface area contributed by atoms with E-state index in [0.717, 1.165) is 6.41 Å². The Kier molecular flexibility index (Phi) is 3.31. The summed E-state index contributed by atoms with van der Waals surface area (Å²) in [6.07, 6.45) is 2.41. The Morgan fingerprint density at radius 2 is 1.85 bits per heavy atom. The summed E-state index contributed by atoms with van der Waals surface area (Å²) in [5, 5.41) is 2.88. The summed E-state index contributed by atoms with van der Waals surface area (Å²) in [4.78, 5) is 35.5. The average Bonchev–Trinajstić information content (AvgIpc) is 2.15. The lowest BCUT2D eigenvalue weighted by Crippen LogP contribution is -2.83. The van der Waals surface area contributed by atoms with E-state index in [-0.39, 0.29) is 23.4 Å². The van der Waals surface area contributed by atoms with E-state index in [1.165, 1.54) is 6.92 Å². The van der Waals surface area contributed by atoms with Crippen molar-refractivity contribution < 1.29 is 19.1 Å².